The summed E-state index contributed by atoms with van der Waals surface area (Å²) in [4.78, 5) is 11.9. The van der Waals surface area contributed by atoms with E-state index in [9.17, 15) is 22.0 Å². The summed E-state index contributed by atoms with van der Waals surface area (Å²) in [5.41, 5.74) is 0. The predicted molar refractivity (Wildman–Crippen MR) is 79.4 cm³/mol. The molecule has 0 saturated carbocycles. The van der Waals surface area contributed by atoms with Gasteiger partial charge in [-0.1, -0.05) is 0 Å². The van der Waals surface area contributed by atoms with Gasteiger partial charge in [0.25, 0.3) is 5.92 Å². The van der Waals surface area contributed by atoms with E-state index in [-0.39, 0.29) is 18.0 Å². The van der Waals surface area contributed by atoms with Gasteiger partial charge in [-0.3, -0.25) is 10.1 Å². The molecular formula is C14H18F2N2O4S. The highest BCUT2D eigenvalue weighted by Crippen LogP contribution is 2.24. The smallest absolute Gasteiger partial charge is 0.262 e. The topological polar surface area (TPSA) is 84.5 Å². The molecule has 1 unspecified atom stereocenters. The average molecular weight is 348 g/mol. The Labute approximate surface area is 133 Å². The molecule has 1 saturated heterocycles. The minimum Gasteiger partial charge on any atom is -0.492 e. The number of rotatable bonds is 6. The maximum Gasteiger partial charge on any atom is 0.262 e. The number of hydrogen-bond acceptors (Lipinski definition) is 5. The minimum atomic E-state index is -3.26. The molecule has 0 aliphatic carbocycles. The summed E-state index contributed by atoms with van der Waals surface area (Å²) >= 11 is 0. The molecule has 1 aliphatic heterocycles. The first-order chi connectivity index (χ1) is 10.7. The van der Waals surface area contributed by atoms with Crippen LogP contribution >= 0.6 is 0 Å². The van der Waals surface area contributed by atoms with Crippen molar-refractivity contribution in [3.05, 3.63) is 24.3 Å². The highest BCUT2D eigenvalue weighted by molar-refractivity contribution is 7.90. The normalized spacial score (nSPS) is 20.2. The molecule has 1 aliphatic rings. The van der Waals surface area contributed by atoms with Crippen molar-refractivity contribution in [2.45, 2.75) is 23.3 Å². The summed E-state index contributed by atoms with van der Waals surface area (Å²) in [5, 5.41) is 4.98. The van der Waals surface area contributed by atoms with Gasteiger partial charge in [0.05, 0.1) is 24.0 Å². The largest absolute Gasteiger partial charge is 0.492 e. The van der Waals surface area contributed by atoms with Crippen LogP contribution in [0.15, 0.2) is 29.2 Å². The van der Waals surface area contributed by atoms with Crippen LogP contribution in [0.4, 0.5) is 8.78 Å². The molecule has 0 bridgehead atoms. The van der Waals surface area contributed by atoms with Crippen molar-refractivity contribution in [2.24, 2.45) is 0 Å². The number of amides is 1. The standard InChI is InChI=1S/C14H18F2N2O4S/c1-23(20,21)11-4-2-10(3-5-11)22-7-6-17-13(19)12-8-14(15,16)9-18-12/h2-5,12,18H,6-9H2,1H3,(H,17,19). The molecule has 1 atom stereocenters. The summed E-state index contributed by atoms with van der Waals surface area (Å²) in [6, 6.07) is 4.98. The molecule has 0 spiro atoms. The zero-order valence-corrected chi connectivity index (χ0v) is 13.3. The Morgan fingerprint density at radius 2 is 2.04 bits per heavy atom. The van der Waals surface area contributed by atoms with Crippen molar-refractivity contribution in [1.82, 2.24) is 10.6 Å². The summed E-state index contributed by atoms with van der Waals surface area (Å²) in [5.74, 6) is -2.88. The van der Waals surface area contributed by atoms with Crippen LogP contribution < -0.4 is 15.4 Å². The lowest BCUT2D eigenvalue weighted by Gasteiger charge is -2.12. The third kappa shape index (κ3) is 5.14. The van der Waals surface area contributed by atoms with Gasteiger partial charge < -0.3 is 10.1 Å². The lowest BCUT2D eigenvalue weighted by atomic mass is 10.2. The van der Waals surface area contributed by atoms with E-state index in [0.717, 1.165) is 6.26 Å². The summed E-state index contributed by atoms with van der Waals surface area (Å²) in [6.07, 6.45) is 0.603. The summed E-state index contributed by atoms with van der Waals surface area (Å²) in [7, 11) is -3.26. The van der Waals surface area contributed by atoms with Crippen molar-refractivity contribution in [3.63, 3.8) is 0 Å². The molecule has 128 valence electrons. The number of halogens is 2. The first-order valence-corrected chi connectivity index (χ1v) is 8.88. The van der Waals surface area contributed by atoms with E-state index in [4.69, 9.17) is 4.74 Å². The Bertz CT molecular complexity index is 662. The highest BCUT2D eigenvalue weighted by Gasteiger charge is 2.42. The second-order valence-corrected chi connectivity index (χ2v) is 7.39. The number of carbonyl (C=O) groups excluding carboxylic acids is 1. The van der Waals surface area contributed by atoms with E-state index < -0.39 is 40.7 Å². The number of carbonyl (C=O) groups is 1. The third-order valence-corrected chi connectivity index (χ3v) is 4.48. The van der Waals surface area contributed by atoms with E-state index in [1.165, 1.54) is 24.3 Å². The van der Waals surface area contributed by atoms with Gasteiger partial charge in [0.2, 0.25) is 5.91 Å². The Kier molecular flexibility index (Phi) is 5.20. The Balaban J connectivity index is 1.72. The SMILES string of the molecule is CS(=O)(=O)c1ccc(OCCNC(=O)C2CC(F)(F)CN2)cc1. The van der Waals surface area contributed by atoms with Crippen LogP contribution in [0.25, 0.3) is 0 Å². The van der Waals surface area contributed by atoms with Gasteiger partial charge in [-0.2, -0.15) is 0 Å². The molecule has 23 heavy (non-hydrogen) atoms. The Morgan fingerprint density at radius 1 is 1.39 bits per heavy atom. The van der Waals surface area contributed by atoms with Gasteiger partial charge >= 0.3 is 0 Å². The molecule has 1 aromatic rings. The van der Waals surface area contributed by atoms with Gasteiger partial charge in [-0.05, 0) is 24.3 Å². The average Bonchev–Trinajstić information content (AvgIpc) is 2.83. The van der Waals surface area contributed by atoms with Gasteiger partial charge in [0, 0.05) is 12.7 Å². The lowest BCUT2D eigenvalue weighted by molar-refractivity contribution is -0.123. The van der Waals surface area contributed by atoms with Crippen LogP contribution in [0.3, 0.4) is 0 Å². The van der Waals surface area contributed by atoms with E-state index in [1.807, 2.05) is 0 Å². The van der Waals surface area contributed by atoms with Crippen LogP contribution in [0.5, 0.6) is 5.75 Å². The van der Waals surface area contributed by atoms with Gasteiger partial charge in [0.15, 0.2) is 9.84 Å². The fraction of sp³-hybridized carbons (Fsp3) is 0.500. The number of nitrogens with one attached hydrogen (secondary N) is 2. The molecule has 0 aromatic heterocycles. The maximum atomic E-state index is 13.0. The van der Waals surface area contributed by atoms with E-state index >= 15 is 0 Å². The monoisotopic (exact) mass is 348 g/mol. The molecule has 1 aromatic carbocycles. The molecule has 1 amide bonds. The van der Waals surface area contributed by atoms with Crippen LogP contribution in [0, 0.1) is 0 Å². The van der Waals surface area contributed by atoms with Crippen molar-refractivity contribution in [2.75, 3.05) is 26.0 Å². The Hall–Kier alpha value is -1.74. The maximum absolute atomic E-state index is 13.0. The number of ether oxygens (including phenoxy) is 1. The predicted octanol–water partition coefficient (Wildman–Crippen LogP) is 0.582. The zero-order chi connectivity index (χ0) is 17.1. The summed E-state index contributed by atoms with van der Waals surface area (Å²) < 4.78 is 53.9. The summed E-state index contributed by atoms with van der Waals surface area (Å²) in [6.45, 7) is -0.183. The van der Waals surface area contributed by atoms with Crippen molar-refractivity contribution >= 4 is 15.7 Å². The fourth-order valence-electron chi connectivity index (χ4n) is 2.15. The number of hydrogen-bond donors (Lipinski definition) is 2. The molecule has 1 fully saturated rings. The quantitative estimate of drug-likeness (QED) is 0.735. The zero-order valence-electron chi connectivity index (χ0n) is 12.5. The molecular weight excluding hydrogens is 330 g/mol. The third-order valence-electron chi connectivity index (χ3n) is 3.35. The molecule has 2 N–H and O–H groups in total. The van der Waals surface area contributed by atoms with Crippen molar-refractivity contribution in [3.8, 4) is 5.75 Å². The highest BCUT2D eigenvalue weighted by atomic mass is 32.2. The second-order valence-electron chi connectivity index (χ2n) is 5.38. The number of sulfone groups is 1. The van der Waals surface area contributed by atoms with E-state index in [1.54, 1.807) is 0 Å². The Morgan fingerprint density at radius 3 is 2.57 bits per heavy atom. The first-order valence-electron chi connectivity index (χ1n) is 6.99. The minimum absolute atomic E-state index is 0.146. The van der Waals surface area contributed by atoms with Gasteiger partial charge in [0.1, 0.15) is 12.4 Å². The van der Waals surface area contributed by atoms with Crippen molar-refractivity contribution < 1.29 is 26.7 Å². The van der Waals surface area contributed by atoms with Crippen molar-refractivity contribution in [1.29, 1.82) is 0 Å². The van der Waals surface area contributed by atoms with Crippen LogP contribution in [-0.2, 0) is 14.6 Å². The molecule has 2 rings (SSSR count). The first kappa shape index (κ1) is 17.6. The number of benzene rings is 1. The molecule has 1 heterocycles. The fourth-order valence-corrected chi connectivity index (χ4v) is 2.78. The van der Waals surface area contributed by atoms with Crippen LogP contribution in [-0.4, -0.2) is 52.2 Å². The number of alkyl halides is 2. The van der Waals surface area contributed by atoms with E-state index in [0.29, 0.717) is 5.75 Å². The van der Waals surface area contributed by atoms with Gasteiger partial charge in [-0.25, -0.2) is 17.2 Å². The van der Waals surface area contributed by atoms with Crippen LogP contribution in [0.2, 0.25) is 0 Å². The van der Waals surface area contributed by atoms with Crippen LogP contribution in [0.1, 0.15) is 6.42 Å². The van der Waals surface area contributed by atoms with Gasteiger partial charge in [-0.15, -0.1) is 0 Å². The molecule has 9 heteroatoms. The lowest BCUT2D eigenvalue weighted by Crippen LogP contribution is -2.41. The van der Waals surface area contributed by atoms with E-state index in [2.05, 4.69) is 10.6 Å². The molecule has 6 nitrogen and oxygen atoms in total. The molecule has 0 radical (unpaired) electrons. The second kappa shape index (κ2) is 6.79.